The van der Waals surface area contributed by atoms with Gasteiger partial charge in [0, 0.05) is 23.1 Å². The Morgan fingerprint density at radius 2 is 1.88 bits per heavy atom. The maximum absolute atomic E-state index is 12.2. The molecule has 1 amide bonds. The maximum atomic E-state index is 12.2. The predicted octanol–water partition coefficient (Wildman–Crippen LogP) is 5.08. The lowest BCUT2D eigenvalue weighted by Gasteiger charge is -2.14. The number of carbonyl (C=O) groups is 1. The fraction of sp³-hybridized carbons (Fsp3) is 0.261. The number of carbonyl (C=O) groups excluding carboxylic acids is 1. The molecule has 0 aliphatic carbocycles. The number of nitrogens with two attached hydrogens (primary N) is 1. The van der Waals surface area contributed by atoms with Crippen LogP contribution in [0, 0.1) is 29.6 Å². The number of amides is 1. The molecule has 162 valence electrons. The highest BCUT2D eigenvalue weighted by atomic mass is 32.2. The summed E-state index contributed by atoms with van der Waals surface area (Å²) < 4.78 is 0. The summed E-state index contributed by atoms with van der Waals surface area (Å²) >= 11 is 2.63. The average molecular weight is 463 g/mol. The average Bonchev–Trinajstić information content (AvgIpc) is 3.17. The Bertz CT molecular complexity index is 1220. The van der Waals surface area contributed by atoms with Gasteiger partial charge in [-0.05, 0) is 24.0 Å². The minimum Gasteiger partial charge on any atom is -0.383 e. The van der Waals surface area contributed by atoms with E-state index in [1.54, 1.807) is 0 Å². The number of benzene rings is 1. The standard InChI is InChI=1S/C23H22N6OS2/c1-13(2)15-4-6-16(7-5-15)20-17(10-24)21(26)29-22(18(20)11-25)31-9-8-19(30)28-23-27-14(3)12-32-23/h4-7,12-13H,8-9H2,1-3H3,(H2,26,29)(H,27,28,30). The van der Waals surface area contributed by atoms with Crippen LogP contribution in [0.15, 0.2) is 34.7 Å². The number of aryl methyl sites for hydroxylation is 1. The first-order valence-electron chi connectivity index (χ1n) is 9.92. The van der Waals surface area contributed by atoms with Crippen molar-refractivity contribution in [3.8, 4) is 23.3 Å². The van der Waals surface area contributed by atoms with Gasteiger partial charge in [-0.15, -0.1) is 23.1 Å². The summed E-state index contributed by atoms with van der Waals surface area (Å²) in [4.78, 5) is 20.7. The fourth-order valence-corrected chi connectivity index (χ4v) is 4.70. The van der Waals surface area contributed by atoms with E-state index in [0.29, 0.717) is 27.4 Å². The molecule has 0 bridgehead atoms. The Balaban J connectivity index is 1.84. The molecule has 1 aromatic carbocycles. The molecule has 9 heteroatoms. The van der Waals surface area contributed by atoms with Gasteiger partial charge in [0.2, 0.25) is 5.91 Å². The smallest absolute Gasteiger partial charge is 0.226 e. The lowest BCUT2D eigenvalue weighted by molar-refractivity contribution is -0.115. The zero-order valence-electron chi connectivity index (χ0n) is 18.0. The molecule has 3 rings (SSSR count). The molecule has 0 radical (unpaired) electrons. The Morgan fingerprint density at radius 1 is 1.19 bits per heavy atom. The van der Waals surface area contributed by atoms with Gasteiger partial charge in [0.15, 0.2) is 5.13 Å². The van der Waals surface area contributed by atoms with Crippen LogP contribution in [0.3, 0.4) is 0 Å². The van der Waals surface area contributed by atoms with Crippen molar-refractivity contribution in [2.45, 2.75) is 38.1 Å². The number of thiazole rings is 1. The second kappa shape index (κ2) is 10.3. The third-order valence-electron chi connectivity index (χ3n) is 4.71. The van der Waals surface area contributed by atoms with Gasteiger partial charge in [0.1, 0.15) is 28.5 Å². The first-order valence-corrected chi connectivity index (χ1v) is 11.8. The summed E-state index contributed by atoms with van der Waals surface area (Å²) in [6.45, 7) is 6.06. The molecule has 3 aromatic rings. The van der Waals surface area contributed by atoms with Gasteiger partial charge in [0.05, 0.1) is 11.3 Å². The van der Waals surface area contributed by atoms with Crippen molar-refractivity contribution in [2.75, 3.05) is 16.8 Å². The van der Waals surface area contributed by atoms with E-state index >= 15 is 0 Å². The minimum absolute atomic E-state index is 0.0691. The van der Waals surface area contributed by atoms with E-state index in [1.807, 2.05) is 36.6 Å². The van der Waals surface area contributed by atoms with Crippen LogP contribution < -0.4 is 11.1 Å². The molecular formula is C23H22N6OS2. The maximum Gasteiger partial charge on any atom is 0.226 e. The van der Waals surface area contributed by atoms with Crippen LogP contribution in [0.5, 0.6) is 0 Å². The largest absolute Gasteiger partial charge is 0.383 e. The number of anilines is 2. The molecule has 32 heavy (non-hydrogen) atoms. The summed E-state index contributed by atoms with van der Waals surface area (Å²) in [6.07, 6.45) is 0.216. The second-order valence-electron chi connectivity index (χ2n) is 7.37. The van der Waals surface area contributed by atoms with E-state index in [1.165, 1.54) is 23.1 Å². The van der Waals surface area contributed by atoms with Crippen molar-refractivity contribution in [3.63, 3.8) is 0 Å². The Hall–Kier alpha value is -3.40. The van der Waals surface area contributed by atoms with Crippen LogP contribution in [0.4, 0.5) is 10.9 Å². The zero-order chi connectivity index (χ0) is 23.3. The number of hydrogen-bond donors (Lipinski definition) is 2. The minimum atomic E-state index is -0.170. The van der Waals surface area contributed by atoms with Gasteiger partial charge in [-0.3, -0.25) is 4.79 Å². The van der Waals surface area contributed by atoms with E-state index in [2.05, 4.69) is 41.3 Å². The molecule has 2 heterocycles. The molecule has 0 saturated carbocycles. The molecule has 0 saturated heterocycles. The monoisotopic (exact) mass is 462 g/mol. The summed E-state index contributed by atoms with van der Waals surface area (Å²) in [5.41, 5.74) is 9.75. The predicted molar refractivity (Wildman–Crippen MR) is 128 cm³/mol. The highest BCUT2D eigenvalue weighted by Crippen LogP contribution is 2.36. The number of thioether (sulfide) groups is 1. The van der Waals surface area contributed by atoms with Crippen molar-refractivity contribution < 1.29 is 4.79 Å². The number of hydrogen-bond acceptors (Lipinski definition) is 8. The van der Waals surface area contributed by atoms with Gasteiger partial charge in [-0.1, -0.05) is 38.1 Å². The van der Waals surface area contributed by atoms with Crippen molar-refractivity contribution >= 4 is 40.0 Å². The first kappa shape index (κ1) is 23.3. The quantitative estimate of drug-likeness (QED) is 0.468. The highest BCUT2D eigenvalue weighted by molar-refractivity contribution is 7.99. The third-order valence-corrected chi connectivity index (χ3v) is 6.57. The van der Waals surface area contributed by atoms with Crippen LogP contribution in [0.2, 0.25) is 0 Å². The van der Waals surface area contributed by atoms with Crippen LogP contribution >= 0.6 is 23.1 Å². The lowest BCUT2D eigenvalue weighted by Crippen LogP contribution is -2.12. The second-order valence-corrected chi connectivity index (χ2v) is 9.31. The number of nitrogens with one attached hydrogen (secondary N) is 1. The number of rotatable bonds is 7. The summed E-state index contributed by atoms with van der Waals surface area (Å²) in [5.74, 6) is 0.661. The lowest BCUT2D eigenvalue weighted by atomic mass is 9.94. The molecular weight excluding hydrogens is 440 g/mol. The van der Waals surface area contributed by atoms with Gasteiger partial charge in [-0.25, -0.2) is 9.97 Å². The number of aromatic nitrogens is 2. The molecule has 7 nitrogen and oxygen atoms in total. The van der Waals surface area contributed by atoms with Crippen LogP contribution in [0.25, 0.3) is 11.1 Å². The van der Waals surface area contributed by atoms with Gasteiger partial charge >= 0.3 is 0 Å². The Kier molecular flexibility index (Phi) is 7.47. The van der Waals surface area contributed by atoms with Crippen molar-refractivity contribution in [3.05, 3.63) is 52.0 Å². The summed E-state index contributed by atoms with van der Waals surface area (Å²) in [7, 11) is 0. The molecule has 0 spiro atoms. The zero-order valence-corrected chi connectivity index (χ0v) is 19.6. The first-order chi connectivity index (χ1) is 15.3. The van der Waals surface area contributed by atoms with Crippen molar-refractivity contribution in [2.24, 2.45) is 0 Å². The Morgan fingerprint density at radius 3 is 2.44 bits per heavy atom. The molecule has 2 aromatic heterocycles. The normalized spacial score (nSPS) is 10.6. The van der Waals surface area contributed by atoms with E-state index in [9.17, 15) is 15.3 Å². The number of pyridine rings is 1. The van der Waals surface area contributed by atoms with E-state index in [-0.39, 0.29) is 29.3 Å². The van der Waals surface area contributed by atoms with Gasteiger partial charge < -0.3 is 11.1 Å². The van der Waals surface area contributed by atoms with Crippen LogP contribution in [-0.2, 0) is 4.79 Å². The third kappa shape index (κ3) is 5.25. The molecule has 0 fully saturated rings. The van der Waals surface area contributed by atoms with Crippen molar-refractivity contribution in [1.29, 1.82) is 10.5 Å². The van der Waals surface area contributed by atoms with Crippen molar-refractivity contribution in [1.82, 2.24) is 9.97 Å². The molecule has 3 N–H and O–H groups in total. The SMILES string of the molecule is Cc1csc(NC(=O)CCSc2nc(N)c(C#N)c(-c3ccc(C(C)C)cc3)c2C#N)n1. The van der Waals surface area contributed by atoms with E-state index in [0.717, 1.165) is 16.8 Å². The number of nitrogens with zero attached hydrogens (tertiary/aromatic N) is 4. The molecule has 0 atom stereocenters. The van der Waals surface area contributed by atoms with E-state index in [4.69, 9.17) is 5.73 Å². The number of nitrogen functional groups attached to an aromatic ring is 1. The topological polar surface area (TPSA) is 128 Å². The van der Waals surface area contributed by atoms with Crippen LogP contribution in [0.1, 0.15) is 48.6 Å². The summed E-state index contributed by atoms with van der Waals surface area (Å²) in [6, 6.07) is 12.0. The molecule has 0 aliphatic rings. The van der Waals surface area contributed by atoms with Crippen LogP contribution in [-0.4, -0.2) is 21.6 Å². The van der Waals surface area contributed by atoms with Gasteiger partial charge in [-0.2, -0.15) is 10.5 Å². The Labute approximate surface area is 195 Å². The van der Waals surface area contributed by atoms with E-state index < -0.39 is 0 Å². The van der Waals surface area contributed by atoms with Gasteiger partial charge in [0.25, 0.3) is 0 Å². The molecule has 0 unspecified atom stereocenters. The summed E-state index contributed by atoms with van der Waals surface area (Å²) in [5, 5.41) is 25.1. The molecule has 0 aliphatic heterocycles. The highest BCUT2D eigenvalue weighted by Gasteiger charge is 2.21. The number of nitriles is 2. The fourth-order valence-electron chi connectivity index (χ4n) is 3.06.